The minimum atomic E-state index is -0.0754. The van der Waals surface area contributed by atoms with Crippen LogP contribution in [0, 0.1) is 3.57 Å². The fraction of sp³-hybridized carbons (Fsp3) is 0.500. The Hall–Kier alpha value is -0.590. The third-order valence-corrected chi connectivity index (χ3v) is 2.67. The molecule has 0 radical (unpaired) electrons. The number of aromatic amines is 1. The van der Waals surface area contributed by atoms with E-state index in [-0.39, 0.29) is 5.56 Å². The molecule has 1 N–H and O–H groups in total. The molecule has 1 aromatic rings. The van der Waals surface area contributed by atoms with Gasteiger partial charge in [-0.3, -0.25) is 4.79 Å². The highest BCUT2D eigenvalue weighted by atomic mass is 127. The minimum Gasteiger partial charge on any atom is -0.359 e. The Balaban J connectivity index is 3.00. The molecule has 0 aliphatic rings. The van der Waals surface area contributed by atoms with Crippen molar-refractivity contribution in [3.8, 4) is 0 Å². The molecular formula is C8H12IN3O. The summed E-state index contributed by atoms with van der Waals surface area (Å²) in [5.74, 6) is 0.756. The average Bonchev–Trinajstić information content (AvgIpc) is 2.10. The zero-order valence-corrected chi connectivity index (χ0v) is 9.83. The Bertz CT molecular complexity index is 336. The van der Waals surface area contributed by atoms with Gasteiger partial charge >= 0.3 is 0 Å². The van der Waals surface area contributed by atoms with Gasteiger partial charge in [0, 0.05) is 13.6 Å². The van der Waals surface area contributed by atoms with Gasteiger partial charge in [0.15, 0.2) is 0 Å². The zero-order chi connectivity index (χ0) is 9.84. The number of nitrogens with one attached hydrogen (secondary N) is 1. The van der Waals surface area contributed by atoms with Crippen LogP contribution in [-0.2, 0) is 0 Å². The molecule has 1 heterocycles. The highest BCUT2D eigenvalue weighted by molar-refractivity contribution is 14.1. The monoisotopic (exact) mass is 293 g/mol. The molecular weight excluding hydrogens is 281 g/mol. The van der Waals surface area contributed by atoms with E-state index in [1.165, 1.54) is 6.33 Å². The molecule has 72 valence electrons. The molecule has 0 amide bonds. The van der Waals surface area contributed by atoms with Gasteiger partial charge in [0.25, 0.3) is 5.56 Å². The van der Waals surface area contributed by atoms with E-state index in [4.69, 9.17) is 0 Å². The van der Waals surface area contributed by atoms with Gasteiger partial charge in [-0.15, -0.1) is 0 Å². The third-order valence-electron chi connectivity index (χ3n) is 1.70. The van der Waals surface area contributed by atoms with E-state index in [0.29, 0.717) is 3.57 Å². The fourth-order valence-electron chi connectivity index (χ4n) is 1.08. The van der Waals surface area contributed by atoms with Gasteiger partial charge in [-0.1, -0.05) is 6.92 Å². The van der Waals surface area contributed by atoms with Gasteiger partial charge in [-0.25, -0.2) is 4.98 Å². The van der Waals surface area contributed by atoms with Crippen molar-refractivity contribution in [3.63, 3.8) is 0 Å². The summed E-state index contributed by atoms with van der Waals surface area (Å²) < 4.78 is 0.649. The van der Waals surface area contributed by atoms with Crippen molar-refractivity contribution in [2.24, 2.45) is 0 Å². The summed E-state index contributed by atoms with van der Waals surface area (Å²) in [6.45, 7) is 3.00. The predicted octanol–water partition coefficient (Wildman–Crippen LogP) is 1.22. The van der Waals surface area contributed by atoms with Crippen LogP contribution >= 0.6 is 22.6 Å². The summed E-state index contributed by atoms with van der Waals surface area (Å²) >= 11 is 2.01. The highest BCUT2D eigenvalue weighted by Gasteiger charge is 2.08. The topological polar surface area (TPSA) is 49.0 Å². The molecule has 0 fully saturated rings. The van der Waals surface area contributed by atoms with Crippen LogP contribution in [0.25, 0.3) is 0 Å². The molecule has 5 heteroatoms. The average molecular weight is 293 g/mol. The smallest absolute Gasteiger partial charge is 0.266 e. The Morgan fingerprint density at radius 3 is 3.00 bits per heavy atom. The summed E-state index contributed by atoms with van der Waals surface area (Å²) in [4.78, 5) is 19.9. The van der Waals surface area contributed by atoms with E-state index in [9.17, 15) is 4.79 Å². The molecule has 13 heavy (non-hydrogen) atoms. The summed E-state index contributed by atoms with van der Waals surface area (Å²) in [6, 6.07) is 0. The third kappa shape index (κ3) is 2.43. The molecule has 0 saturated heterocycles. The first kappa shape index (κ1) is 10.5. The maximum atomic E-state index is 11.2. The van der Waals surface area contributed by atoms with Crippen molar-refractivity contribution in [2.45, 2.75) is 13.3 Å². The first-order valence-corrected chi connectivity index (χ1v) is 5.19. The second-order valence-electron chi connectivity index (χ2n) is 2.79. The summed E-state index contributed by atoms with van der Waals surface area (Å²) in [5.41, 5.74) is -0.0754. The molecule has 0 aliphatic heterocycles. The normalized spacial score (nSPS) is 10.1. The highest BCUT2D eigenvalue weighted by Crippen LogP contribution is 2.13. The van der Waals surface area contributed by atoms with Crippen LogP contribution in [0.5, 0.6) is 0 Å². The van der Waals surface area contributed by atoms with Gasteiger partial charge in [0.05, 0.1) is 6.33 Å². The largest absolute Gasteiger partial charge is 0.359 e. The van der Waals surface area contributed by atoms with Crippen LogP contribution in [-0.4, -0.2) is 23.6 Å². The second kappa shape index (κ2) is 4.59. The first-order valence-electron chi connectivity index (χ1n) is 4.11. The molecule has 0 unspecified atom stereocenters. The SMILES string of the molecule is CCCN(C)c1nc[nH]c(=O)c1I. The Morgan fingerprint density at radius 2 is 2.38 bits per heavy atom. The van der Waals surface area contributed by atoms with Crippen LogP contribution in [0.15, 0.2) is 11.1 Å². The molecule has 0 saturated carbocycles. The van der Waals surface area contributed by atoms with E-state index in [1.54, 1.807) is 0 Å². The molecule has 0 aliphatic carbocycles. The van der Waals surface area contributed by atoms with E-state index < -0.39 is 0 Å². The number of rotatable bonds is 3. The maximum Gasteiger partial charge on any atom is 0.266 e. The molecule has 0 bridgehead atoms. The minimum absolute atomic E-state index is 0.0754. The van der Waals surface area contributed by atoms with Gasteiger partial charge in [-0.05, 0) is 29.0 Å². The number of halogens is 1. The van der Waals surface area contributed by atoms with Crippen molar-refractivity contribution in [3.05, 3.63) is 20.3 Å². The Labute approximate surface area is 90.5 Å². The van der Waals surface area contributed by atoms with Crippen molar-refractivity contribution in [2.75, 3.05) is 18.5 Å². The first-order chi connectivity index (χ1) is 6.16. The molecule has 0 aromatic carbocycles. The van der Waals surface area contributed by atoms with Crippen molar-refractivity contribution in [1.82, 2.24) is 9.97 Å². The molecule has 4 nitrogen and oxygen atoms in total. The summed E-state index contributed by atoms with van der Waals surface area (Å²) in [6.07, 6.45) is 2.48. The number of H-pyrrole nitrogens is 1. The Morgan fingerprint density at radius 1 is 1.69 bits per heavy atom. The second-order valence-corrected chi connectivity index (χ2v) is 3.87. The van der Waals surface area contributed by atoms with Gasteiger partial charge in [0.2, 0.25) is 0 Å². The lowest BCUT2D eigenvalue weighted by Crippen LogP contribution is -2.24. The van der Waals surface area contributed by atoms with Crippen LogP contribution in [0.1, 0.15) is 13.3 Å². The fourth-order valence-corrected chi connectivity index (χ4v) is 1.79. The number of hydrogen-bond donors (Lipinski definition) is 1. The van der Waals surface area contributed by atoms with Crippen molar-refractivity contribution < 1.29 is 0 Å². The molecule has 0 atom stereocenters. The summed E-state index contributed by atoms with van der Waals surface area (Å²) in [7, 11) is 1.94. The predicted molar refractivity (Wildman–Crippen MR) is 61.1 cm³/mol. The number of anilines is 1. The summed E-state index contributed by atoms with van der Waals surface area (Å²) in [5, 5.41) is 0. The van der Waals surface area contributed by atoms with E-state index in [2.05, 4.69) is 16.9 Å². The van der Waals surface area contributed by atoms with E-state index in [0.717, 1.165) is 18.8 Å². The van der Waals surface area contributed by atoms with E-state index >= 15 is 0 Å². The lowest BCUT2D eigenvalue weighted by atomic mass is 10.4. The maximum absolute atomic E-state index is 11.2. The van der Waals surface area contributed by atoms with E-state index in [1.807, 2.05) is 34.5 Å². The number of nitrogens with zero attached hydrogens (tertiary/aromatic N) is 2. The van der Waals surface area contributed by atoms with Crippen LogP contribution in [0.4, 0.5) is 5.82 Å². The lowest BCUT2D eigenvalue weighted by Gasteiger charge is -2.17. The van der Waals surface area contributed by atoms with Crippen LogP contribution in [0.2, 0.25) is 0 Å². The quantitative estimate of drug-likeness (QED) is 0.853. The van der Waals surface area contributed by atoms with Crippen molar-refractivity contribution >= 4 is 28.4 Å². The molecule has 1 rings (SSSR count). The zero-order valence-electron chi connectivity index (χ0n) is 7.67. The van der Waals surface area contributed by atoms with Gasteiger partial charge in [0.1, 0.15) is 9.39 Å². The molecule has 1 aromatic heterocycles. The standard InChI is InChI=1S/C8H12IN3O/c1-3-4-12(2)7-6(9)8(13)11-5-10-7/h5H,3-4H2,1-2H3,(H,10,11,13). The Kier molecular flexibility index (Phi) is 3.71. The number of aromatic nitrogens is 2. The van der Waals surface area contributed by atoms with Crippen LogP contribution in [0.3, 0.4) is 0 Å². The number of hydrogen-bond acceptors (Lipinski definition) is 3. The lowest BCUT2D eigenvalue weighted by molar-refractivity contribution is 0.828. The van der Waals surface area contributed by atoms with Crippen LogP contribution < -0.4 is 10.5 Å². The van der Waals surface area contributed by atoms with Crippen molar-refractivity contribution in [1.29, 1.82) is 0 Å². The molecule has 0 spiro atoms. The van der Waals surface area contributed by atoms with Gasteiger partial charge in [-0.2, -0.15) is 0 Å². The van der Waals surface area contributed by atoms with Gasteiger partial charge < -0.3 is 9.88 Å².